The molecule has 1 rings (SSSR count). The third kappa shape index (κ3) is 3.13. The molecule has 0 aliphatic rings. The van der Waals surface area contributed by atoms with Crippen molar-refractivity contribution in [2.75, 3.05) is 31.7 Å². The Morgan fingerprint density at radius 1 is 1.50 bits per heavy atom. The van der Waals surface area contributed by atoms with Crippen LogP contribution in [0.25, 0.3) is 0 Å². The van der Waals surface area contributed by atoms with Crippen LogP contribution in [0.15, 0.2) is 16.6 Å². The zero-order valence-corrected chi connectivity index (χ0v) is 11.3. The fraction of sp³-hybridized carbons (Fsp3) is 0.364. The van der Waals surface area contributed by atoms with Gasteiger partial charge in [-0.3, -0.25) is 4.79 Å². The Morgan fingerprint density at radius 2 is 2.12 bits per heavy atom. The molecule has 1 amide bonds. The summed E-state index contributed by atoms with van der Waals surface area (Å²) in [6.07, 6.45) is 0. The van der Waals surface area contributed by atoms with E-state index < -0.39 is 0 Å². The van der Waals surface area contributed by atoms with Gasteiger partial charge in [-0.25, -0.2) is 0 Å². The van der Waals surface area contributed by atoms with Crippen LogP contribution in [0.4, 0.5) is 11.4 Å². The minimum Gasteiger partial charge on any atom is -0.398 e. The highest BCUT2D eigenvalue weighted by molar-refractivity contribution is 9.10. The molecule has 16 heavy (non-hydrogen) atoms. The topological polar surface area (TPSA) is 58.4 Å². The molecule has 0 radical (unpaired) electrons. The lowest BCUT2D eigenvalue weighted by Gasteiger charge is -2.14. The van der Waals surface area contributed by atoms with E-state index in [0.717, 1.165) is 21.4 Å². The predicted molar refractivity (Wildman–Crippen MR) is 70.5 cm³/mol. The SMILES string of the molecule is Cc1cc(NCC(=O)N(C)C)c(Br)cc1N. The average Bonchev–Trinajstić information content (AvgIpc) is 2.20. The molecule has 0 aliphatic heterocycles. The highest BCUT2D eigenvalue weighted by atomic mass is 79.9. The summed E-state index contributed by atoms with van der Waals surface area (Å²) in [6, 6.07) is 3.75. The van der Waals surface area contributed by atoms with Gasteiger partial charge in [0.1, 0.15) is 0 Å². The number of rotatable bonds is 3. The first kappa shape index (κ1) is 12.8. The van der Waals surface area contributed by atoms with Crippen LogP contribution < -0.4 is 11.1 Å². The van der Waals surface area contributed by atoms with Gasteiger partial charge in [-0.1, -0.05) is 0 Å². The van der Waals surface area contributed by atoms with Crippen molar-refractivity contribution in [3.05, 3.63) is 22.2 Å². The van der Waals surface area contributed by atoms with Crippen LogP contribution in [0.3, 0.4) is 0 Å². The molecule has 0 aliphatic carbocycles. The molecular weight excluding hydrogens is 270 g/mol. The molecule has 0 spiro atoms. The molecule has 1 aromatic rings. The second-order valence-corrected chi connectivity index (χ2v) is 4.68. The van der Waals surface area contributed by atoms with E-state index in [1.54, 1.807) is 19.0 Å². The first-order chi connectivity index (χ1) is 7.41. The summed E-state index contributed by atoms with van der Waals surface area (Å²) in [7, 11) is 3.46. The van der Waals surface area contributed by atoms with Crippen LogP contribution >= 0.6 is 15.9 Å². The van der Waals surface area contributed by atoms with E-state index in [1.807, 2.05) is 19.1 Å². The number of nitrogens with one attached hydrogen (secondary N) is 1. The van der Waals surface area contributed by atoms with Crippen molar-refractivity contribution >= 4 is 33.2 Å². The Balaban J connectivity index is 2.75. The van der Waals surface area contributed by atoms with E-state index in [9.17, 15) is 4.79 Å². The van der Waals surface area contributed by atoms with E-state index in [4.69, 9.17) is 5.73 Å². The number of anilines is 2. The number of hydrogen-bond donors (Lipinski definition) is 2. The quantitative estimate of drug-likeness (QED) is 0.834. The zero-order valence-electron chi connectivity index (χ0n) is 9.67. The highest BCUT2D eigenvalue weighted by Gasteiger charge is 2.06. The van der Waals surface area contributed by atoms with E-state index in [-0.39, 0.29) is 12.5 Å². The maximum atomic E-state index is 11.4. The largest absolute Gasteiger partial charge is 0.398 e. The number of halogens is 1. The molecule has 4 nitrogen and oxygen atoms in total. The third-order valence-electron chi connectivity index (χ3n) is 2.28. The summed E-state index contributed by atoms with van der Waals surface area (Å²) in [5.41, 5.74) is 8.36. The number of nitrogens with zero attached hydrogens (tertiary/aromatic N) is 1. The molecule has 0 bridgehead atoms. The fourth-order valence-corrected chi connectivity index (χ4v) is 1.66. The van der Waals surface area contributed by atoms with E-state index >= 15 is 0 Å². The summed E-state index contributed by atoms with van der Waals surface area (Å²) >= 11 is 3.40. The van der Waals surface area contributed by atoms with Crippen molar-refractivity contribution in [3.63, 3.8) is 0 Å². The molecule has 0 saturated carbocycles. The first-order valence-electron chi connectivity index (χ1n) is 4.91. The summed E-state index contributed by atoms with van der Waals surface area (Å²) in [5, 5.41) is 3.07. The summed E-state index contributed by atoms with van der Waals surface area (Å²) in [5.74, 6) is 0.0291. The van der Waals surface area contributed by atoms with Crippen LogP contribution in [-0.2, 0) is 4.79 Å². The standard InChI is InChI=1S/C11H16BrN3O/c1-7-4-10(8(12)5-9(7)13)14-6-11(16)15(2)3/h4-5,14H,6,13H2,1-3H3. The lowest BCUT2D eigenvalue weighted by molar-refractivity contribution is -0.126. The third-order valence-corrected chi connectivity index (χ3v) is 2.94. The van der Waals surface area contributed by atoms with E-state index in [0.29, 0.717) is 0 Å². The van der Waals surface area contributed by atoms with Crippen molar-refractivity contribution < 1.29 is 4.79 Å². The maximum absolute atomic E-state index is 11.4. The number of benzene rings is 1. The van der Waals surface area contributed by atoms with Gasteiger partial charge >= 0.3 is 0 Å². The molecule has 0 atom stereocenters. The average molecular weight is 286 g/mol. The number of nitrogen functional groups attached to an aromatic ring is 1. The molecule has 3 N–H and O–H groups in total. The van der Waals surface area contributed by atoms with Gasteiger partial charge < -0.3 is 16.0 Å². The van der Waals surface area contributed by atoms with Gasteiger partial charge in [0, 0.05) is 29.9 Å². The summed E-state index contributed by atoms with van der Waals surface area (Å²) < 4.78 is 0.863. The van der Waals surface area contributed by atoms with Crippen LogP contribution in [0, 0.1) is 6.92 Å². The second-order valence-electron chi connectivity index (χ2n) is 3.83. The number of amides is 1. The zero-order chi connectivity index (χ0) is 12.3. The van der Waals surface area contributed by atoms with Crippen molar-refractivity contribution in [1.82, 2.24) is 4.90 Å². The van der Waals surface area contributed by atoms with Gasteiger partial charge in [0.25, 0.3) is 0 Å². The van der Waals surface area contributed by atoms with Gasteiger partial charge in [-0.2, -0.15) is 0 Å². The number of hydrogen-bond acceptors (Lipinski definition) is 3. The monoisotopic (exact) mass is 285 g/mol. The molecule has 0 unspecified atom stereocenters. The van der Waals surface area contributed by atoms with Crippen LogP contribution in [-0.4, -0.2) is 31.4 Å². The number of carbonyl (C=O) groups is 1. The summed E-state index contributed by atoms with van der Waals surface area (Å²) in [6.45, 7) is 2.20. The molecule has 0 saturated heterocycles. The second kappa shape index (κ2) is 5.21. The number of carbonyl (C=O) groups excluding carboxylic acids is 1. The van der Waals surface area contributed by atoms with Gasteiger partial charge in [0.05, 0.1) is 6.54 Å². The molecule has 5 heteroatoms. The Hall–Kier alpha value is -1.23. The molecule has 0 aromatic heterocycles. The van der Waals surface area contributed by atoms with Gasteiger partial charge in [0.2, 0.25) is 5.91 Å². The summed E-state index contributed by atoms with van der Waals surface area (Å²) in [4.78, 5) is 12.9. The lowest BCUT2D eigenvalue weighted by atomic mass is 10.2. The van der Waals surface area contributed by atoms with Crippen LogP contribution in [0.1, 0.15) is 5.56 Å². The minimum absolute atomic E-state index is 0.0291. The molecular formula is C11H16BrN3O. The number of aryl methyl sites for hydroxylation is 1. The molecule has 0 heterocycles. The number of likely N-dealkylation sites (N-methyl/N-ethyl adjacent to an activating group) is 1. The van der Waals surface area contributed by atoms with Crippen molar-refractivity contribution in [2.24, 2.45) is 0 Å². The Kier molecular flexibility index (Phi) is 4.18. The van der Waals surface area contributed by atoms with Crippen molar-refractivity contribution in [3.8, 4) is 0 Å². The minimum atomic E-state index is 0.0291. The predicted octanol–water partition coefficient (Wildman–Crippen LogP) is 1.84. The molecule has 1 aromatic carbocycles. The van der Waals surface area contributed by atoms with Crippen LogP contribution in [0.2, 0.25) is 0 Å². The Morgan fingerprint density at radius 3 is 2.69 bits per heavy atom. The molecule has 88 valence electrons. The van der Waals surface area contributed by atoms with Crippen molar-refractivity contribution in [2.45, 2.75) is 6.92 Å². The van der Waals surface area contributed by atoms with E-state index in [1.165, 1.54) is 0 Å². The van der Waals surface area contributed by atoms with Gasteiger partial charge in [0.15, 0.2) is 0 Å². The van der Waals surface area contributed by atoms with Crippen LogP contribution in [0.5, 0.6) is 0 Å². The van der Waals surface area contributed by atoms with E-state index in [2.05, 4.69) is 21.2 Å². The molecule has 0 fully saturated rings. The maximum Gasteiger partial charge on any atom is 0.241 e. The van der Waals surface area contributed by atoms with Crippen molar-refractivity contribution in [1.29, 1.82) is 0 Å². The Bertz CT molecular complexity index is 404. The van der Waals surface area contributed by atoms with Gasteiger partial charge in [-0.15, -0.1) is 0 Å². The first-order valence-corrected chi connectivity index (χ1v) is 5.70. The fourth-order valence-electron chi connectivity index (χ4n) is 1.16. The lowest BCUT2D eigenvalue weighted by Crippen LogP contribution is -2.28. The normalized spacial score (nSPS) is 10.0. The smallest absolute Gasteiger partial charge is 0.241 e. The highest BCUT2D eigenvalue weighted by Crippen LogP contribution is 2.27. The Labute approximate surface area is 104 Å². The van der Waals surface area contributed by atoms with Gasteiger partial charge in [-0.05, 0) is 40.5 Å². The number of nitrogens with two attached hydrogens (primary N) is 1.